The van der Waals surface area contributed by atoms with E-state index in [-0.39, 0.29) is 0 Å². The SMILES string of the molecule is Cc1cccc2c(NCCc3csc(N4CCCC4)n3)ccnc12. The number of aromatic nitrogens is 2. The van der Waals surface area contributed by atoms with E-state index in [1.165, 1.54) is 34.6 Å². The van der Waals surface area contributed by atoms with Crippen molar-refractivity contribution in [2.45, 2.75) is 26.2 Å². The second-order valence-corrected chi connectivity index (χ2v) is 7.16. The van der Waals surface area contributed by atoms with Gasteiger partial charge in [0.2, 0.25) is 0 Å². The molecule has 1 aliphatic heterocycles. The summed E-state index contributed by atoms with van der Waals surface area (Å²) in [6.45, 7) is 5.31. The third-order valence-corrected chi connectivity index (χ3v) is 5.54. The van der Waals surface area contributed by atoms with E-state index in [4.69, 9.17) is 4.98 Å². The summed E-state index contributed by atoms with van der Waals surface area (Å²) in [6, 6.07) is 8.38. The summed E-state index contributed by atoms with van der Waals surface area (Å²) in [7, 11) is 0. The fourth-order valence-corrected chi connectivity index (χ4v) is 4.18. The summed E-state index contributed by atoms with van der Waals surface area (Å²) >= 11 is 1.77. The van der Waals surface area contributed by atoms with Crippen molar-refractivity contribution in [2.75, 3.05) is 29.9 Å². The minimum absolute atomic E-state index is 0.885. The molecule has 24 heavy (non-hydrogen) atoms. The van der Waals surface area contributed by atoms with Gasteiger partial charge in [0.25, 0.3) is 0 Å². The summed E-state index contributed by atoms with van der Waals surface area (Å²) in [4.78, 5) is 11.7. The number of aryl methyl sites for hydroxylation is 1. The van der Waals surface area contributed by atoms with Crippen LogP contribution in [0.5, 0.6) is 0 Å². The largest absolute Gasteiger partial charge is 0.384 e. The molecule has 1 aromatic carbocycles. The van der Waals surface area contributed by atoms with Gasteiger partial charge in [-0.1, -0.05) is 18.2 Å². The third-order valence-electron chi connectivity index (χ3n) is 4.59. The Hall–Kier alpha value is -2.14. The van der Waals surface area contributed by atoms with E-state index in [2.05, 4.69) is 51.8 Å². The van der Waals surface area contributed by atoms with Crippen molar-refractivity contribution >= 4 is 33.1 Å². The average molecular weight is 338 g/mol. The quantitative estimate of drug-likeness (QED) is 0.755. The van der Waals surface area contributed by atoms with Gasteiger partial charge in [0.05, 0.1) is 11.2 Å². The molecule has 1 N–H and O–H groups in total. The Balaban J connectivity index is 1.42. The first-order valence-corrected chi connectivity index (χ1v) is 9.47. The highest BCUT2D eigenvalue weighted by atomic mass is 32.1. The van der Waals surface area contributed by atoms with Gasteiger partial charge in [0.15, 0.2) is 5.13 Å². The van der Waals surface area contributed by atoms with Crippen molar-refractivity contribution in [2.24, 2.45) is 0 Å². The van der Waals surface area contributed by atoms with E-state index in [1.807, 2.05) is 6.20 Å². The number of para-hydroxylation sites is 1. The smallest absolute Gasteiger partial charge is 0.185 e. The maximum absolute atomic E-state index is 4.79. The van der Waals surface area contributed by atoms with Gasteiger partial charge >= 0.3 is 0 Å². The fourth-order valence-electron chi connectivity index (χ4n) is 3.27. The highest BCUT2D eigenvalue weighted by Crippen LogP contribution is 2.26. The number of benzene rings is 1. The summed E-state index contributed by atoms with van der Waals surface area (Å²) in [5.74, 6) is 0. The molecule has 2 aromatic heterocycles. The van der Waals surface area contributed by atoms with E-state index in [9.17, 15) is 0 Å². The zero-order valence-corrected chi connectivity index (χ0v) is 14.8. The van der Waals surface area contributed by atoms with Gasteiger partial charge in [-0.25, -0.2) is 4.98 Å². The lowest BCUT2D eigenvalue weighted by Gasteiger charge is -2.12. The molecule has 0 unspecified atom stereocenters. The maximum atomic E-state index is 4.79. The lowest BCUT2D eigenvalue weighted by Crippen LogP contribution is -2.17. The van der Waals surface area contributed by atoms with Crippen LogP contribution in [0, 0.1) is 6.92 Å². The number of nitrogens with zero attached hydrogens (tertiary/aromatic N) is 3. The first kappa shape index (κ1) is 15.4. The molecular weight excluding hydrogens is 316 g/mol. The average Bonchev–Trinajstić information content (AvgIpc) is 3.27. The van der Waals surface area contributed by atoms with Gasteiger partial charge in [-0.2, -0.15) is 0 Å². The van der Waals surface area contributed by atoms with Crippen LogP contribution >= 0.6 is 11.3 Å². The number of nitrogens with one attached hydrogen (secondary N) is 1. The minimum atomic E-state index is 0.885. The van der Waals surface area contributed by atoms with E-state index in [0.717, 1.165) is 37.3 Å². The molecule has 1 aliphatic rings. The number of pyridine rings is 1. The van der Waals surface area contributed by atoms with Gasteiger partial charge in [0, 0.05) is 48.7 Å². The van der Waals surface area contributed by atoms with Crippen molar-refractivity contribution in [1.29, 1.82) is 0 Å². The molecule has 1 fully saturated rings. The maximum Gasteiger partial charge on any atom is 0.185 e. The number of anilines is 2. The van der Waals surface area contributed by atoms with Crippen molar-refractivity contribution in [1.82, 2.24) is 9.97 Å². The number of hydrogen-bond donors (Lipinski definition) is 1. The van der Waals surface area contributed by atoms with E-state index in [1.54, 1.807) is 11.3 Å². The van der Waals surface area contributed by atoms with Crippen LogP contribution in [-0.4, -0.2) is 29.6 Å². The molecule has 0 amide bonds. The molecule has 0 atom stereocenters. The first-order valence-electron chi connectivity index (χ1n) is 8.59. The second kappa shape index (κ2) is 6.77. The van der Waals surface area contributed by atoms with Gasteiger partial charge in [-0.15, -0.1) is 11.3 Å². The number of rotatable bonds is 5. The molecule has 3 heterocycles. The lowest BCUT2D eigenvalue weighted by molar-refractivity contribution is 0.926. The molecule has 5 heteroatoms. The number of thiazole rings is 1. The van der Waals surface area contributed by atoms with E-state index >= 15 is 0 Å². The van der Waals surface area contributed by atoms with Gasteiger partial charge in [0.1, 0.15) is 0 Å². The molecule has 4 nitrogen and oxygen atoms in total. The zero-order chi connectivity index (χ0) is 16.4. The van der Waals surface area contributed by atoms with Gasteiger partial charge in [-0.3, -0.25) is 4.98 Å². The molecule has 0 radical (unpaired) electrons. The third kappa shape index (κ3) is 3.08. The Kier molecular flexibility index (Phi) is 4.34. The van der Waals surface area contributed by atoms with Gasteiger partial charge < -0.3 is 10.2 Å². The Bertz CT molecular complexity index is 836. The standard InChI is InChI=1S/C19H22N4S/c1-14-5-4-6-16-17(8-10-21-18(14)16)20-9-7-15-13-24-19(22-15)23-11-2-3-12-23/h4-6,8,10,13H,2-3,7,9,11-12H2,1H3,(H,20,21). The minimum Gasteiger partial charge on any atom is -0.384 e. The number of hydrogen-bond acceptors (Lipinski definition) is 5. The Morgan fingerprint density at radius 3 is 2.96 bits per heavy atom. The Morgan fingerprint density at radius 1 is 1.21 bits per heavy atom. The van der Waals surface area contributed by atoms with Crippen LogP contribution in [0.4, 0.5) is 10.8 Å². The molecule has 4 rings (SSSR count). The zero-order valence-electron chi connectivity index (χ0n) is 14.0. The molecule has 124 valence electrons. The fraction of sp³-hybridized carbons (Fsp3) is 0.368. The predicted octanol–water partition coefficient (Wildman–Crippen LogP) is 4.25. The predicted molar refractivity (Wildman–Crippen MR) is 102 cm³/mol. The molecule has 0 bridgehead atoms. The molecule has 0 saturated carbocycles. The van der Waals surface area contributed by atoms with Crippen molar-refractivity contribution < 1.29 is 0 Å². The molecule has 0 spiro atoms. The second-order valence-electron chi connectivity index (χ2n) is 6.32. The Labute approximate surface area is 146 Å². The van der Waals surface area contributed by atoms with Crippen LogP contribution in [-0.2, 0) is 6.42 Å². The highest BCUT2D eigenvalue weighted by molar-refractivity contribution is 7.13. The van der Waals surface area contributed by atoms with Crippen LogP contribution in [0.2, 0.25) is 0 Å². The summed E-state index contributed by atoms with van der Waals surface area (Å²) in [5.41, 5.74) is 4.63. The molecule has 1 saturated heterocycles. The lowest BCUT2D eigenvalue weighted by atomic mass is 10.1. The van der Waals surface area contributed by atoms with E-state index < -0.39 is 0 Å². The highest BCUT2D eigenvalue weighted by Gasteiger charge is 2.15. The molecule has 0 aliphatic carbocycles. The topological polar surface area (TPSA) is 41.0 Å². The van der Waals surface area contributed by atoms with Crippen LogP contribution in [0.1, 0.15) is 24.1 Å². The molecule has 3 aromatic rings. The van der Waals surface area contributed by atoms with Crippen LogP contribution in [0.15, 0.2) is 35.8 Å². The first-order chi connectivity index (χ1) is 11.8. The van der Waals surface area contributed by atoms with Crippen LogP contribution < -0.4 is 10.2 Å². The monoisotopic (exact) mass is 338 g/mol. The number of fused-ring (bicyclic) bond motifs is 1. The summed E-state index contributed by atoms with van der Waals surface area (Å²) in [5, 5.41) is 8.13. The van der Waals surface area contributed by atoms with Crippen molar-refractivity contribution in [3.05, 3.63) is 47.1 Å². The summed E-state index contributed by atoms with van der Waals surface area (Å²) in [6.07, 6.45) is 5.42. The normalized spacial score (nSPS) is 14.5. The molecular formula is C19H22N4S. The van der Waals surface area contributed by atoms with Crippen molar-refractivity contribution in [3.63, 3.8) is 0 Å². The van der Waals surface area contributed by atoms with Crippen LogP contribution in [0.3, 0.4) is 0 Å². The van der Waals surface area contributed by atoms with Crippen LogP contribution in [0.25, 0.3) is 10.9 Å². The Morgan fingerprint density at radius 2 is 2.08 bits per heavy atom. The summed E-state index contributed by atoms with van der Waals surface area (Å²) < 4.78 is 0. The van der Waals surface area contributed by atoms with Crippen molar-refractivity contribution in [3.8, 4) is 0 Å². The van der Waals surface area contributed by atoms with E-state index in [0.29, 0.717) is 0 Å². The van der Waals surface area contributed by atoms with Gasteiger partial charge in [-0.05, 0) is 31.4 Å².